The van der Waals surface area contributed by atoms with E-state index in [2.05, 4.69) is 16.0 Å². The highest BCUT2D eigenvalue weighted by molar-refractivity contribution is 5.96. The highest BCUT2D eigenvalue weighted by Gasteiger charge is 2.25. The molecular weight excluding hydrogens is 216 g/mol. The first-order chi connectivity index (χ1) is 8.29. The Morgan fingerprint density at radius 3 is 3.12 bits per heavy atom. The van der Waals surface area contributed by atoms with E-state index in [0.717, 1.165) is 22.2 Å². The van der Waals surface area contributed by atoms with Crippen LogP contribution in [0.15, 0.2) is 29.3 Å². The van der Waals surface area contributed by atoms with Crippen molar-refractivity contribution in [2.75, 3.05) is 7.11 Å². The summed E-state index contributed by atoms with van der Waals surface area (Å²) in [6, 6.07) is 7.65. The Balaban J connectivity index is 2.08. The summed E-state index contributed by atoms with van der Waals surface area (Å²) in [5.74, 6) is -0.280. The number of H-pyrrole nitrogens is 1. The molecule has 1 N–H and O–H groups in total. The van der Waals surface area contributed by atoms with Gasteiger partial charge in [-0.3, -0.25) is 4.99 Å². The van der Waals surface area contributed by atoms with Crippen molar-refractivity contribution in [3.8, 4) is 0 Å². The van der Waals surface area contributed by atoms with Crippen LogP contribution in [0.2, 0.25) is 0 Å². The topological polar surface area (TPSA) is 54.5 Å². The highest BCUT2D eigenvalue weighted by Crippen LogP contribution is 2.26. The summed E-state index contributed by atoms with van der Waals surface area (Å²) in [5.41, 5.74) is 3.21. The predicted octanol–water partition coefficient (Wildman–Crippen LogP) is 1.68. The molecule has 4 heteroatoms. The van der Waals surface area contributed by atoms with E-state index in [1.807, 2.05) is 18.2 Å². The van der Waals surface area contributed by atoms with Gasteiger partial charge in [-0.15, -0.1) is 0 Å². The van der Waals surface area contributed by atoms with Crippen LogP contribution in [0.4, 0.5) is 0 Å². The van der Waals surface area contributed by atoms with Crippen molar-refractivity contribution in [3.63, 3.8) is 0 Å². The molecule has 0 fully saturated rings. The van der Waals surface area contributed by atoms with E-state index in [4.69, 9.17) is 4.74 Å². The SMILES string of the molecule is COC(=O)C1Cc2c([nH]c3ccccc23)C=N1. The van der Waals surface area contributed by atoms with Crippen LogP contribution in [0.3, 0.4) is 0 Å². The minimum Gasteiger partial charge on any atom is -0.467 e. The molecule has 0 saturated carbocycles. The molecule has 3 rings (SSSR count). The molecule has 1 aromatic heterocycles. The molecule has 4 nitrogen and oxygen atoms in total. The van der Waals surface area contributed by atoms with Crippen LogP contribution in [0.5, 0.6) is 0 Å². The van der Waals surface area contributed by atoms with E-state index in [9.17, 15) is 4.79 Å². The van der Waals surface area contributed by atoms with E-state index in [1.165, 1.54) is 7.11 Å². The largest absolute Gasteiger partial charge is 0.467 e. The molecule has 1 atom stereocenters. The fourth-order valence-electron chi connectivity index (χ4n) is 2.24. The number of carbonyl (C=O) groups is 1. The van der Waals surface area contributed by atoms with Crippen LogP contribution in [0, 0.1) is 0 Å². The molecule has 0 radical (unpaired) electrons. The quantitative estimate of drug-likeness (QED) is 0.755. The van der Waals surface area contributed by atoms with Crippen molar-refractivity contribution in [2.45, 2.75) is 12.5 Å². The van der Waals surface area contributed by atoms with Gasteiger partial charge in [0.25, 0.3) is 0 Å². The number of nitrogens with one attached hydrogen (secondary N) is 1. The standard InChI is InChI=1S/C13H12N2O2/c1-17-13(16)11-6-9-8-4-2-3-5-10(8)15-12(9)7-14-11/h2-5,7,11,15H,6H2,1H3. The first-order valence-corrected chi connectivity index (χ1v) is 5.50. The second-order valence-corrected chi connectivity index (χ2v) is 4.08. The smallest absolute Gasteiger partial charge is 0.330 e. The Hall–Kier alpha value is -2.10. The zero-order valence-electron chi connectivity index (χ0n) is 9.43. The number of fused-ring (bicyclic) bond motifs is 3. The lowest BCUT2D eigenvalue weighted by Crippen LogP contribution is -2.25. The number of nitrogens with zero attached hydrogens (tertiary/aromatic N) is 1. The number of aromatic nitrogens is 1. The first-order valence-electron chi connectivity index (χ1n) is 5.50. The second kappa shape index (κ2) is 3.73. The van der Waals surface area contributed by atoms with Crippen molar-refractivity contribution >= 4 is 23.1 Å². The molecular formula is C13H12N2O2. The van der Waals surface area contributed by atoms with Gasteiger partial charge in [0.1, 0.15) is 0 Å². The number of carbonyl (C=O) groups excluding carboxylic acids is 1. The number of ether oxygens (including phenoxy) is 1. The zero-order valence-corrected chi connectivity index (χ0v) is 9.43. The number of hydrogen-bond acceptors (Lipinski definition) is 3. The van der Waals surface area contributed by atoms with Crippen LogP contribution >= 0.6 is 0 Å². The minimum atomic E-state index is -0.410. The van der Waals surface area contributed by atoms with E-state index < -0.39 is 6.04 Å². The number of aromatic amines is 1. The Labute approximate surface area is 98.3 Å². The molecule has 1 aliphatic rings. The molecule has 1 unspecified atom stereocenters. The lowest BCUT2D eigenvalue weighted by atomic mass is 10.0. The molecule has 0 aliphatic carbocycles. The monoisotopic (exact) mass is 228 g/mol. The summed E-state index contributed by atoms with van der Waals surface area (Å²) < 4.78 is 4.73. The molecule has 0 amide bonds. The average Bonchev–Trinajstić information content (AvgIpc) is 2.75. The van der Waals surface area contributed by atoms with Gasteiger partial charge in [-0.25, -0.2) is 4.79 Å². The summed E-state index contributed by atoms with van der Waals surface area (Å²) in [5, 5.41) is 1.16. The van der Waals surface area contributed by atoms with E-state index >= 15 is 0 Å². The average molecular weight is 228 g/mol. The third-order valence-electron chi connectivity index (χ3n) is 3.10. The molecule has 17 heavy (non-hydrogen) atoms. The molecule has 1 aromatic carbocycles. The maximum absolute atomic E-state index is 11.5. The summed E-state index contributed by atoms with van der Waals surface area (Å²) in [4.78, 5) is 19.0. The Morgan fingerprint density at radius 2 is 2.29 bits per heavy atom. The highest BCUT2D eigenvalue weighted by atomic mass is 16.5. The van der Waals surface area contributed by atoms with Crippen molar-refractivity contribution in [2.24, 2.45) is 4.99 Å². The van der Waals surface area contributed by atoms with Gasteiger partial charge < -0.3 is 9.72 Å². The number of benzene rings is 1. The molecule has 1 aliphatic heterocycles. The number of hydrogen-bond donors (Lipinski definition) is 1. The van der Waals surface area contributed by atoms with Gasteiger partial charge in [-0.05, 0) is 11.6 Å². The van der Waals surface area contributed by atoms with Gasteiger partial charge in [0.15, 0.2) is 6.04 Å². The van der Waals surface area contributed by atoms with Crippen LogP contribution in [0.1, 0.15) is 11.3 Å². The van der Waals surface area contributed by atoms with E-state index in [-0.39, 0.29) is 5.97 Å². The summed E-state index contributed by atoms with van der Waals surface area (Å²) in [7, 11) is 1.39. The lowest BCUT2D eigenvalue weighted by Gasteiger charge is -2.14. The summed E-state index contributed by atoms with van der Waals surface area (Å²) in [6.45, 7) is 0. The Kier molecular flexibility index (Phi) is 2.21. The first kappa shape index (κ1) is 10.1. The fourth-order valence-corrected chi connectivity index (χ4v) is 2.24. The number of para-hydroxylation sites is 1. The van der Waals surface area contributed by atoms with Crippen LogP contribution in [0.25, 0.3) is 10.9 Å². The Bertz CT molecular complexity index is 613. The lowest BCUT2D eigenvalue weighted by molar-refractivity contribution is -0.142. The number of aliphatic imine (C=N–C) groups is 1. The van der Waals surface area contributed by atoms with Crippen LogP contribution in [-0.2, 0) is 16.0 Å². The van der Waals surface area contributed by atoms with Crippen LogP contribution < -0.4 is 0 Å². The molecule has 0 spiro atoms. The molecule has 2 heterocycles. The minimum absolute atomic E-state index is 0.280. The summed E-state index contributed by atoms with van der Waals surface area (Å²) in [6.07, 6.45) is 2.32. The normalized spacial score (nSPS) is 18.1. The van der Waals surface area contributed by atoms with Crippen molar-refractivity contribution in [1.29, 1.82) is 0 Å². The fraction of sp³-hybridized carbons (Fsp3) is 0.231. The predicted molar refractivity (Wildman–Crippen MR) is 65.4 cm³/mol. The molecule has 2 aromatic rings. The van der Waals surface area contributed by atoms with Crippen molar-refractivity contribution < 1.29 is 9.53 Å². The number of esters is 1. The van der Waals surface area contributed by atoms with Crippen LogP contribution in [-0.4, -0.2) is 30.3 Å². The maximum atomic E-state index is 11.5. The van der Waals surface area contributed by atoms with Gasteiger partial charge >= 0.3 is 5.97 Å². The van der Waals surface area contributed by atoms with Crippen molar-refractivity contribution in [1.82, 2.24) is 4.98 Å². The maximum Gasteiger partial charge on any atom is 0.330 e. The third-order valence-corrected chi connectivity index (χ3v) is 3.10. The van der Waals surface area contributed by atoms with E-state index in [1.54, 1.807) is 6.21 Å². The molecule has 0 saturated heterocycles. The van der Waals surface area contributed by atoms with Gasteiger partial charge in [0, 0.05) is 23.5 Å². The van der Waals surface area contributed by atoms with Gasteiger partial charge in [0.2, 0.25) is 0 Å². The Morgan fingerprint density at radius 1 is 1.47 bits per heavy atom. The molecule has 86 valence electrons. The van der Waals surface area contributed by atoms with Crippen molar-refractivity contribution in [3.05, 3.63) is 35.5 Å². The molecule has 0 bridgehead atoms. The van der Waals surface area contributed by atoms with Gasteiger partial charge in [-0.2, -0.15) is 0 Å². The number of methoxy groups -OCH3 is 1. The van der Waals surface area contributed by atoms with E-state index in [0.29, 0.717) is 6.42 Å². The zero-order chi connectivity index (χ0) is 11.8. The van der Waals surface area contributed by atoms with Gasteiger partial charge in [0.05, 0.1) is 12.8 Å². The second-order valence-electron chi connectivity index (χ2n) is 4.08. The van der Waals surface area contributed by atoms with Gasteiger partial charge in [-0.1, -0.05) is 18.2 Å². The number of rotatable bonds is 1. The summed E-state index contributed by atoms with van der Waals surface area (Å²) >= 11 is 0. The third kappa shape index (κ3) is 1.53.